The minimum Gasteiger partial charge on any atom is -0.371 e. The van der Waals surface area contributed by atoms with Crippen LogP contribution in [0.3, 0.4) is 0 Å². The normalized spacial score (nSPS) is 13.8. The number of fused-ring (bicyclic) bond motifs is 1. The fraction of sp³-hybridized carbons (Fsp3) is 0.300. The van der Waals surface area contributed by atoms with Crippen LogP contribution in [-0.2, 0) is 6.42 Å². The maximum Gasteiger partial charge on any atom is 0.270 e. The standard InChI is InChI=1S/C20H21N5O3/c26-20(21-9-8-15-14-24-12-2-1-5-19(24)22-15)17-13-16(25(27)28)6-7-18(17)23-10-3-4-11-23/h1-2,5-7,12-14H,3-4,8-11H2,(H,21,26). The Labute approximate surface area is 161 Å². The fourth-order valence-electron chi connectivity index (χ4n) is 3.56. The summed E-state index contributed by atoms with van der Waals surface area (Å²) in [6, 6.07) is 10.3. The molecule has 1 N–H and O–H groups in total. The minimum absolute atomic E-state index is 0.0755. The highest BCUT2D eigenvalue weighted by molar-refractivity contribution is 6.00. The van der Waals surface area contributed by atoms with Crippen LogP contribution in [-0.4, -0.2) is 39.8 Å². The fourth-order valence-corrected chi connectivity index (χ4v) is 3.56. The molecule has 3 heterocycles. The lowest BCUT2D eigenvalue weighted by Gasteiger charge is -2.20. The molecule has 0 bridgehead atoms. The highest BCUT2D eigenvalue weighted by Crippen LogP contribution is 2.28. The molecule has 0 radical (unpaired) electrons. The van der Waals surface area contributed by atoms with Gasteiger partial charge in [-0.25, -0.2) is 4.98 Å². The van der Waals surface area contributed by atoms with Crippen molar-refractivity contribution in [1.82, 2.24) is 14.7 Å². The van der Waals surface area contributed by atoms with Gasteiger partial charge in [0.2, 0.25) is 0 Å². The molecule has 4 rings (SSSR count). The molecule has 0 aliphatic carbocycles. The van der Waals surface area contributed by atoms with E-state index in [0.717, 1.165) is 43.0 Å². The van der Waals surface area contributed by atoms with E-state index in [2.05, 4.69) is 15.2 Å². The van der Waals surface area contributed by atoms with Gasteiger partial charge in [-0.3, -0.25) is 14.9 Å². The van der Waals surface area contributed by atoms with Crippen molar-refractivity contribution >= 4 is 22.9 Å². The number of hydrogen-bond donors (Lipinski definition) is 1. The summed E-state index contributed by atoms with van der Waals surface area (Å²) < 4.78 is 1.93. The molecule has 1 fully saturated rings. The van der Waals surface area contributed by atoms with Crippen molar-refractivity contribution in [2.45, 2.75) is 19.3 Å². The van der Waals surface area contributed by atoms with Crippen LogP contribution < -0.4 is 10.2 Å². The van der Waals surface area contributed by atoms with Crippen LogP contribution >= 0.6 is 0 Å². The maximum absolute atomic E-state index is 12.8. The number of imidazole rings is 1. The average molecular weight is 379 g/mol. The van der Waals surface area contributed by atoms with Gasteiger partial charge in [0.1, 0.15) is 5.65 Å². The summed E-state index contributed by atoms with van der Waals surface area (Å²) >= 11 is 0. The molecule has 2 aromatic heterocycles. The Morgan fingerprint density at radius 3 is 2.79 bits per heavy atom. The number of anilines is 1. The Bertz CT molecular complexity index is 991. The van der Waals surface area contributed by atoms with Gasteiger partial charge in [0.05, 0.1) is 21.9 Å². The van der Waals surface area contributed by atoms with E-state index in [1.807, 2.05) is 35.0 Å². The highest BCUT2D eigenvalue weighted by atomic mass is 16.6. The van der Waals surface area contributed by atoms with Crippen molar-refractivity contribution in [3.8, 4) is 0 Å². The molecular weight excluding hydrogens is 358 g/mol. The van der Waals surface area contributed by atoms with Gasteiger partial charge in [-0.15, -0.1) is 0 Å². The van der Waals surface area contributed by atoms with Gasteiger partial charge >= 0.3 is 0 Å². The Balaban J connectivity index is 1.48. The molecule has 1 aliphatic heterocycles. The summed E-state index contributed by atoms with van der Waals surface area (Å²) in [4.78, 5) is 30.1. The first-order chi connectivity index (χ1) is 13.6. The number of non-ortho nitro benzene ring substituents is 1. The summed E-state index contributed by atoms with van der Waals surface area (Å²) in [5.74, 6) is -0.297. The minimum atomic E-state index is -0.471. The second-order valence-corrected chi connectivity index (χ2v) is 6.86. The number of hydrogen-bond acceptors (Lipinski definition) is 5. The molecule has 0 atom stereocenters. The number of pyridine rings is 1. The van der Waals surface area contributed by atoms with E-state index in [-0.39, 0.29) is 11.6 Å². The van der Waals surface area contributed by atoms with Crippen LogP contribution in [0.5, 0.6) is 0 Å². The van der Waals surface area contributed by atoms with E-state index in [0.29, 0.717) is 18.5 Å². The van der Waals surface area contributed by atoms with Gasteiger partial charge in [-0.05, 0) is 31.0 Å². The van der Waals surface area contributed by atoms with Crippen LogP contribution in [0, 0.1) is 10.1 Å². The first-order valence-corrected chi connectivity index (χ1v) is 9.36. The third-order valence-electron chi connectivity index (χ3n) is 4.96. The van der Waals surface area contributed by atoms with E-state index in [9.17, 15) is 14.9 Å². The second kappa shape index (κ2) is 7.67. The lowest BCUT2D eigenvalue weighted by atomic mass is 10.1. The lowest BCUT2D eigenvalue weighted by Crippen LogP contribution is -2.29. The summed E-state index contributed by atoms with van der Waals surface area (Å²) in [5.41, 5.74) is 2.78. The summed E-state index contributed by atoms with van der Waals surface area (Å²) in [6.45, 7) is 2.13. The molecule has 28 heavy (non-hydrogen) atoms. The molecule has 144 valence electrons. The largest absolute Gasteiger partial charge is 0.371 e. The Kier molecular flexibility index (Phi) is 4.92. The molecule has 8 heteroatoms. The van der Waals surface area contributed by atoms with Crippen molar-refractivity contribution < 1.29 is 9.72 Å². The average Bonchev–Trinajstić information content (AvgIpc) is 3.36. The second-order valence-electron chi connectivity index (χ2n) is 6.86. The number of nitrogens with one attached hydrogen (secondary N) is 1. The predicted molar refractivity (Wildman–Crippen MR) is 106 cm³/mol. The summed E-state index contributed by atoms with van der Waals surface area (Å²) in [7, 11) is 0. The molecule has 1 aromatic carbocycles. The lowest BCUT2D eigenvalue weighted by molar-refractivity contribution is -0.384. The van der Waals surface area contributed by atoms with E-state index < -0.39 is 4.92 Å². The van der Waals surface area contributed by atoms with Gasteiger partial charge < -0.3 is 14.6 Å². The topological polar surface area (TPSA) is 92.8 Å². The number of carbonyl (C=O) groups is 1. The van der Waals surface area contributed by atoms with Crippen molar-refractivity contribution in [2.24, 2.45) is 0 Å². The van der Waals surface area contributed by atoms with Gasteiger partial charge in [-0.1, -0.05) is 6.07 Å². The first-order valence-electron chi connectivity index (χ1n) is 9.36. The van der Waals surface area contributed by atoms with Crippen LogP contribution in [0.4, 0.5) is 11.4 Å². The van der Waals surface area contributed by atoms with E-state index in [1.54, 1.807) is 6.07 Å². The van der Waals surface area contributed by atoms with Crippen LogP contribution in [0.1, 0.15) is 28.9 Å². The Morgan fingerprint density at radius 1 is 1.21 bits per heavy atom. The van der Waals surface area contributed by atoms with Crippen molar-refractivity contribution in [3.63, 3.8) is 0 Å². The van der Waals surface area contributed by atoms with Gasteiger partial charge in [-0.2, -0.15) is 0 Å². The number of rotatable bonds is 6. The third-order valence-corrected chi connectivity index (χ3v) is 4.96. The number of aromatic nitrogens is 2. The van der Waals surface area contributed by atoms with Crippen molar-refractivity contribution in [1.29, 1.82) is 0 Å². The number of carbonyl (C=O) groups excluding carboxylic acids is 1. The molecular formula is C20H21N5O3. The summed E-state index contributed by atoms with van der Waals surface area (Å²) in [6.07, 6.45) is 6.57. The van der Waals surface area contributed by atoms with Crippen LogP contribution in [0.25, 0.3) is 5.65 Å². The predicted octanol–water partition coefficient (Wildman–Crippen LogP) is 2.82. The van der Waals surface area contributed by atoms with Crippen LogP contribution in [0.15, 0.2) is 48.8 Å². The molecule has 0 unspecified atom stereocenters. The quantitative estimate of drug-likeness (QED) is 0.525. The van der Waals surface area contributed by atoms with Gasteiger partial charge in [0, 0.05) is 50.6 Å². The van der Waals surface area contributed by atoms with Crippen molar-refractivity contribution in [2.75, 3.05) is 24.5 Å². The Morgan fingerprint density at radius 2 is 2.04 bits per heavy atom. The third kappa shape index (κ3) is 3.66. The van der Waals surface area contributed by atoms with E-state index >= 15 is 0 Å². The number of amides is 1. The zero-order valence-corrected chi connectivity index (χ0v) is 15.4. The molecule has 8 nitrogen and oxygen atoms in total. The maximum atomic E-state index is 12.8. The summed E-state index contributed by atoms with van der Waals surface area (Å²) in [5, 5.41) is 14.0. The van der Waals surface area contributed by atoms with E-state index in [1.165, 1.54) is 12.1 Å². The monoisotopic (exact) mass is 379 g/mol. The van der Waals surface area contributed by atoms with Crippen molar-refractivity contribution in [3.05, 3.63) is 70.2 Å². The number of nitro benzene ring substituents is 1. The molecule has 1 amide bonds. The molecule has 0 saturated carbocycles. The van der Waals surface area contributed by atoms with E-state index in [4.69, 9.17) is 0 Å². The molecule has 1 aliphatic rings. The first kappa shape index (κ1) is 18.0. The highest BCUT2D eigenvalue weighted by Gasteiger charge is 2.22. The number of nitro groups is 1. The number of benzene rings is 1. The zero-order chi connectivity index (χ0) is 19.5. The zero-order valence-electron chi connectivity index (χ0n) is 15.4. The number of nitrogens with zero attached hydrogens (tertiary/aromatic N) is 4. The molecule has 3 aromatic rings. The van der Waals surface area contributed by atoms with Gasteiger partial charge in [0.25, 0.3) is 11.6 Å². The van der Waals surface area contributed by atoms with Gasteiger partial charge in [0.15, 0.2) is 0 Å². The molecule has 1 saturated heterocycles. The smallest absolute Gasteiger partial charge is 0.270 e. The Hall–Kier alpha value is -3.42. The van der Waals surface area contributed by atoms with Crippen LogP contribution in [0.2, 0.25) is 0 Å². The molecule has 0 spiro atoms. The SMILES string of the molecule is O=C(NCCc1cn2ccccc2n1)c1cc([N+](=O)[O-])ccc1N1CCCC1.